The Morgan fingerprint density at radius 1 is 0.377 bits per heavy atom. The molecule has 0 bridgehead atoms. The Morgan fingerprint density at radius 2 is 0.849 bits per heavy atom. The second-order valence-corrected chi connectivity index (χ2v) is 13.2. The van der Waals surface area contributed by atoms with Crippen molar-refractivity contribution in [3.63, 3.8) is 0 Å². The van der Waals surface area contributed by atoms with Gasteiger partial charge in [0, 0.05) is 40.1 Å². The zero-order chi connectivity index (χ0) is 35.3. The first-order valence-corrected chi connectivity index (χ1v) is 17.6. The van der Waals surface area contributed by atoms with Gasteiger partial charge in [-0.2, -0.15) is 0 Å². The molecule has 0 amide bonds. The molecule has 10 aromatic rings. The molecule has 0 aliphatic carbocycles. The molecule has 6 nitrogen and oxygen atoms in total. The van der Waals surface area contributed by atoms with Crippen molar-refractivity contribution in [3.05, 3.63) is 170 Å². The maximum Gasteiger partial charge on any atom is 0.164 e. The van der Waals surface area contributed by atoms with Gasteiger partial charge in [-0.05, 0) is 52.6 Å². The molecule has 0 unspecified atom stereocenters. The number of aryl methyl sites for hydroxylation is 1. The van der Waals surface area contributed by atoms with Crippen LogP contribution in [0.5, 0.6) is 0 Å². The summed E-state index contributed by atoms with van der Waals surface area (Å²) in [4.78, 5) is 19.8. The minimum absolute atomic E-state index is 0.622. The van der Waals surface area contributed by atoms with Crippen LogP contribution in [0.15, 0.2) is 174 Å². The third kappa shape index (κ3) is 5.54. The monoisotopic (exact) mass is 681 g/mol. The highest BCUT2D eigenvalue weighted by molar-refractivity contribution is 6.06. The van der Waals surface area contributed by atoms with Crippen LogP contribution in [-0.2, 0) is 7.05 Å². The van der Waals surface area contributed by atoms with E-state index >= 15 is 0 Å². The number of aromatic nitrogens is 5. The number of para-hydroxylation sites is 1. The highest BCUT2D eigenvalue weighted by atomic mass is 16.3. The van der Waals surface area contributed by atoms with Crippen LogP contribution in [0, 0.1) is 0 Å². The second-order valence-electron chi connectivity index (χ2n) is 13.2. The molecule has 0 radical (unpaired) electrons. The van der Waals surface area contributed by atoms with Crippen LogP contribution in [-0.4, -0.2) is 24.5 Å². The molecule has 0 aliphatic heterocycles. The van der Waals surface area contributed by atoms with Crippen LogP contribution in [0.4, 0.5) is 0 Å². The van der Waals surface area contributed by atoms with Gasteiger partial charge in [-0.25, -0.2) is 19.9 Å². The van der Waals surface area contributed by atoms with Gasteiger partial charge in [0.2, 0.25) is 0 Å². The van der Waals surface area contributed by atoms with E-state index in [1.807, 2.05) is 72.8 Å². The van der Waals surface area contributed by atoms with Crippen molar-refractivity contribution in [1.29, 1.82) is 0 Å². The summed E-state index contributed by atoms with van der Waals surface area (Å²) >= 11 is 0. The van der Waals surface area contributed by atoms with Crippen LogP contribution in [0.3, 0.4) is 0 Å². The van der Waals surface area contributed by atoms with Gasteiger partial charge in [0.25, 0.3) is 0 Å². The van der Waals surface area contributed by atoms with Crippen molar-refractivity contribution in [2.75, 3.05) is 0 Å². The SMILES string of the molecule is Cn1c(-c2ccccc2)nc2ccc(-c3ccc(-c4nc(-c5ccccc5)nc(-c5ccc(-c6ccc7oc8ccccc8c7c6)cc5)n4)cc3)cc21. The standard InChI is InChI=1S/C47H31N5O/c1-52-41-29-37(24-26-40(41)48-47(52)35-12-6-3-7-13-35)31-18-22-34(23-19-31)46-50-44(32-10-4-2-5-11-32)49-45(51-46)33-20-16-30(17-21-33)36-25-27-43-39(28-36)38-14-8-9-15-42(38)53-43/h2-29H,1H3. The Labute approximate surface area is 305 Å². The molecular weight excluding hydrogens is 651 g/mol. The van der Waals surface area contributed by atoms with E-state index in [-0.39, 0.29) is 0 Å². The fourth-order valence-electron chi connectivity index (χ4n) is 7.09. The number of benzene rings is 7. The van der Waals surface area contributed by atoms with Gasteiger partial charge in [0.05, 0.1) is 11.0 Å². The Bertz CT molecular complexity index is 2930. The molecule has 0 spiro atoms. The minimum atomic E-state index is 0.622. The van der Waals surface area contributed by atoms with Crippen LogP contribution in [0.25, 0.3) is 101 Å². The summed E-state index contributed by atoms with van der Waals surface area (Å²) in [6.07, 6.45) is 0. The summed E-state index contributed by atoms with van der Waals surface area (Å²) in [5.41, 5.74) is 12.2. The van der Waals surface area contributed by atoms with E-state index in [0.29, 0.717) is 17.5 Å². The van der Waals surface area contributed by atoms with E-state index in [2.05, 4.69) is 109 Å². The zero-order valence-corrected chi connectivity index (χ0v) is 28.8. The van der Waals surface area contributed by atoms with Crippen molar-refractivity contribution in [1.82, 2.24) is 24.5 Å². The Kier molecular flexibility index (Phi) is 7.25. The number of hydrogen-bond acceptors (Lipinski definition) is 5. The predicted molar refractivity (Wildman–Crippen MR) is 214 cm³/mol. The Morgan fingerprint density at radius 3 is 1.49 bits per heavy atom. The first kappa shape index (κ1) is 30.6. The maximum atomic E-state index is 6.05. The number of rotatable bonds is 6. The van der Waals surface area contributed by atoms with Crippen molar-refractivity contribution in [3.8, 4) is 67.8 Å². The van der Waals surface area contributed by atoms with Gasteiger partial charge >= 0.3 is 0 Å². The quantitative estimate of drug-likeness (QED) is 0.175. The van der Waals surface area contributed by atoms with Gasteiger partial charge in [0.1, 0.15) is 17.0 Å². The molecule has 0 N–H and O–H groups in total. The van der Waals surface area contributed by atoms with Crippen LogP contribution < -0.4 is 0 Å². The number of nitrogens with zero attached hydrogens (tertiary/aromatic N) is 5. The smallest absolute Gasteiger partial charge is 0.164 e. The van der Waals surface area contributed by atoms with E-state index in [4.69, 9.17) is 24.4 Å². The van der Waals surface area contributed by atoms with Crippen LogP contribution >= 0.6 is 0 Å². The fraction of sp³-hybridized carbons (Fsp3) is 0.0213. The van der Waals surface area contributed by atoms with Gasteiger partial charge < -0.3 is 8.98 Å². The van der Waals surface area contributed by atoms with E-state index in [0.717, 1.165) is 83.3 Å². The highest BCUT2D eigenvalue weighted by Crippen LogP contribution is 2.34. The molecule has 250 valence electrons. The third-order valence-electron chi connectivity index (χ3n) is 9.91. The molecule has 6 heteroatoms. The van der Waals surface area contributed by atoms with Crippen molar-refractivity contribution in [2.24, 2.45) is 7.05 Å². The molecule has 10 rings (SSSR count). The predicted octanol–water partition coefficient (Wildman–Crippen LogP) is 11.7. The average molecular weight is 682 g/mol. The van der Waals surface area contributed by atoms with Gasteiger partial charge in [-0.15, -0.1) is 0 Å². The molecule has 3 heterocycles. The maximum absolute atomic E-state index is 6.05. The molecule has 0 aliphatic rings. The van der Waals surface area contributed by atoms with Gasteiger partial charge in [-0.1, -0.05) is 140 Å². The lowest BCUT2D eigenvalue weighted by Crippen LogP contribution is -2.00. The molecule has 53 heavy (non-hydrogen) atoms. The molecular formula is C47H31N5O. The summed E-state index contributed by atoms with van der Waals surface area (Å²) in [5, 5.41) is 2.23. The Balaban J connectivity index is 0.989. The number of furan rings is 1. The summed E-state index contributed by atoms with van der Waals surface area (Å²) < 4.78 is 8.21. The van der Waals surface area contributed by atoms with E-state index < -0.39 is 0 Å². The molecule has 0 fully saturated rings. The molecule has 0 saturated carbocycles. The van der Waals surface area contributed by atoms with Crippen molar-refractivity contribution in [2.45, 2.75) is 0 Å². The molecule has 0 atom stereocenters. The summed E-state index contributed by atoms with van der Waals surface area (Å²) in [7, 11) is 2.07. The first-order valence-electron chi connectivity index (χ1n) is 17.6. The van der Waals surface area contributed by atoms with Crippen molar-refractivity contribution >= 4 is 33.0 Å². The zero-order valence-electron chi connectivity index (χ0n) is 28.8. The molecule has 3 aromatic heterocycles. The number of fused-ring (bicyclic) bond motifs is 4. The molecule has 7 aromatic carbocycles. The number of imidazole rings is 1. The van der Waals surface area contributed by atoms with Gasteiger partial charge in [-0.3, -0.25) is 0 Å². The lowest BCUT2D eigenvalue weighted by atomic mass is 10.0. The topological polar surface area (TPSA) is 69.6 Å². The minimum Gasteiger partial charge on any atom is -0.456 e. The summed E-state index contributed by atoms with van der Waals surface area (Å²) in [6.45, 7) is 0. The third-order valence-corrected chi connectivity index (χ3v) is 9.91. The van der Waals surface area contributed by atoms with E-state index in [1.54, 1.807) is 0 Å². The highest BCUT2D eigenvalue weighted by Gasteiger charge is 2.15. The normalized spacial score (nSPS) is 11.5. The Hall–Kier alpha value is -7.18. The van der Waals surface area contributed by atoms with E-state index in [1.165, 1.54) is 0 Å². The van der Waals surface area contributed by atoms with Crippen LogP contribution in [0.2, 0.25) is 0 Å². The largest absolute Gasteiger partial charge is 0.456 e. The van der Waals surface area contributed by atoms with Gasteiger partial charge in [0.15, 0.2) is 17.5 Å². The lowest BCUT2D eigenvalue weighted by Gasteiger charge is -2.10. The van der Waals surface area contributed by atoms with Crippen LogP contribution in [0.1, 0.15) is 0 Å². The summed E-state index contributed by atoms with van der Waals surface area (Å²) in [6, 6.07) is 58.2. The fourth-order valence-corrected chi connectivity index (χ4v) is 7.09. The lowest BCUT2D eigenvalue weighted by molar-refractivity contribution is 0.669. The second kappa shape index (κ2) is 12.5. The van der Waals surface area contributed by atoms with Crippen molar-refractivity contribution < 1.29 is 4.42 Å². The summed E-state index contributed by atoms with van der Waals surface area (Å²) in [5.74, 6) is 2.83. The first-order chi connectivity index (χ1) is 26.1. The number of hydrogen-bond donors (Lipinski definition) is 0. The molecule has 0 saturated heterocycles. The average Bonchev–Trinajstić information content (AvgIpc) is 3.78. The van der Waals surface area contributed by atoms with E-state index in [9.17, 15) is 0 Å².